The van der Waals surface area contributed by atoms with E-state index < -0.39 is 12.0 Å². The Morgan fingerprint density at radius 3 is 2.07 bits per heavy atom. The zero-order valence-electron chi connectivity index (χ0n) is 15.9. The standard InChI is InChI=1S/C24H25NO3/c26-23(16-8-2-1-3-9-16)25-22(24(27)28)15-21-19-12-6-4-10-17(19)14-18-11-5-7-13-20(18)21/h4-7,10-14,16,22H,1-3,8-9,15H2,(H,25,26)(H,27,28)/t22-/m0/s1. The summed E-state index contributed by atoms with van der Waals surface area (Å²) < 4.78 is 0. The molecule has 3 aromatic carbocycles. The van der Waals surface area contributed by atoms with Gasteiger partial charge in [0, 0.05) is 12.3 Å². The molecular formula is C24H25NO3. The van der Waals surface area contributed by atoms with Crippen LogP contribution in [0.5, 0.6) is 0 Å². The Bertz CT molecular complexity index is 967. The van der Waals surface area contributed by atoms with Gasteiger partial charge < -0.3 is 10.4 Å². The summed E-state index contributed by atoms with van der Waals surface area (Å²) >= 11 is 0. The minimum Gasteiger partial charge on any atom is -0.480 e. The van der Waals surface area contributed by atoms with Crippen LogP contribution in [0.2, 0.25) is 0 Å². The number of amides is 1. The SMILES string of the molecule is O=C(N[C@@H](Cc1c2ccccc2cc2ccccc12)C(=O)O)C1CCCCC1. The van der Waals surface area contributed by atoms with Crippen LogP contribution in [0, 0.1) is 5.92 Å². The molecule has 1 atom stereocenters. The van der Waals surface area contributed by atoms with E-state index in [0.717, 1.165) is 59.2 Å². The normalized spacial score (nSPS) is 16.1. The van der Waals surface area contributed by atoms with E-state index in [9.17, 15) is 14.7 Å². The second-order valence-corrected chi connectivity index (χ2v) is 7.74. The molecule has 0 aromatic heterocycles. The van der Waals surface area contributed by atoms with Gasteiger partial charge in [0.1, 0.15) is 6.04 Å². The molecule has 3 aromatic rings. The van der Waals surface area contributed by atoms with Gasteiger partial charge in [-0.05, 0) is 46.0 Å². The van der Waals surface area contributed by atoms with Crippen molar-refractivity contribution >= 4 is 33.4 Å². The van der Waals surface area contributed by atoms with Crippen LogP contribution in [0.25, 0.3) is 21.5 Å². The quantitative estimate of drug-likeness (QED) is 0.636. The van der Waals surface area contributed by atoms with Crippen LogP contribution in [0.4, 0.5) is 0 Å². The highest BCUT2D eigenvalue weighted by Gasteiger charge is 2.27. The van der Waals surface area contributed by atoms with Crippen LogP contribution in [0.1, 0.15) is 37.7 Å². The summed E-state index contributed by atoms with van der Waals surface area (Å²) in [4.78, 5) is 24.6. The number of hydrogen-bond acceptors (Lipinski definition) is 2. The highest BCUT2D eigenvalue weighted by molar-refractivity contribution is 6.02. The summed E-state index contributed by atoms with van der Waals surface area (Å²) in [6, 6.07) is 17.3. The Labute approximate surface area is 164 Å². The topological polar surface area (TPSA) is 66.4 Å². The van der Waals surface area contributed by atoms with Crippen molar-refractivity contribution in [2.45, 2.75) is 44.6 Å². The molecule has 0 aliphatic heterocycles. The molecule has 2 N–H and O–H groups in total. The van der Waals surface area contributed by atoms with Crippen molar-refractivity contribution < 1.29 is 14.7 Å². The summed E-state index contributed by atoms with van der Waals surface area (Å²) in [6.07, 6.45) is 5.24. The molecule has 4 heteroatoms. The lowest BCUT2D eigenvalue weighted by Gasteiger charge is -2.24. The third-order valence-electron chi connectivity index (χ3n) is 5.88. The second-order valence-electron chi connectivity index (χ2n) is 7.74. The first kappa shape index (κ1) is 18.5. The number of nitrogens with one attached hydrogen (secondary N) is 1. The van der Waals surface area contributed by atoms with E-state index in [1.54, 1.807) is 0 Å². The highest BCUT2D eigenvalue weighted by Crippen LogP contribution is 2.30. The Kier molecular flexibility index (Phi) is 5.29. The number of rotatable bonds is 5. The molecule has 0 spiro atoms. The Morgan fingerprint density at radius 2 is 1.50 bits per heavy atom. The Morgan fingerprint density at radius 1 is 0.929 bits per heavy atom. The van der Waals surface area contributed by atoms with Crippen LogP contribution >= 0.6 is 0 Å². The number of carbonyl (C=O) groups is 2. The monoisotopic (exact) mass is 375 g/mol. The van der Waals surface area contributed by atoms with E-state index >= 15 is 0 Å². The average molecular weight is 375 g/mol. The van der Waals surface area contributed by atoms with Gasteiger partial charge in [-0.25, -0.2) is 4.79 Å². The fourth-order valence-corrected chi connectivity index (χ4v) is 4.39. The minimum absolute atomic E-state index is 0.0557. The largest absolute Gasteiger partial charge is 0.480 e. The second kappa shape index (κ2) is 8.01. The molecule has 1 fully saturated rings. The van der Waals surface area contributed by atoms with E-state index in [-0.39, 0.29) is 18.2 Å². The van der Waals surface area contributed by atoms with Crippen molar-refractivity contribution in [3.63, 3.8) is 0 Å². The van der Waals surface area contributed by atoms with Crippen LogP contribution < -0.4 is 5.32 Å². The van der Waals surface area contributed by atoms with Crippen molar-refractivity contribution in [3.05, 3.63) is 60.2 Å². The maximum atomic E-state index is 12.7. The Hall–Kier alpha value is -2.88. The Balaban J connectivity index is 1.69. The number of hydrogen-bond donors (Lipinski definition) is 2. The van der Waals surface area contributed by atoms with Gasteiger partial charge in [0.05, 0.1) is 0 Å². The molecule has 0 unspecified atom stereocenters. The summed E-state index contributed by atoms with van der Waals surface area (Å²) in [5.41, 5.74) is 0.977. The lowest BCUT2D eigenvalue weighted by atomic mass is 9.88. The van der Waals surface area contributed by atoms with Crippen molar-refractivity contribution in [2.75, 3.05) is 0 Å². The van der Waals surface area contributed by atoms with E-state index in [2.05, 4.69) is 11.4 Å². The molecule has 28 heavy (non-hydrogen) atoms. The summed E-state index contributed by atoms with van der Waals surface area (Å²) in [5, 5.41) is 16.9. The van der Waals surface area contributed by atoms with Crippen LogP contribution in [-0.2, 0) is 16.0 Å². The van der Waals surface area contributed by atoms with Gasteiger partial charge in [-0.1, -0.05) is 67.8 Å². The number of carboxylic acid groups (broad SMARTS) is 1. The van der Waals surface area contributed by atoms with E-state index in [4.69, 9.17) is 0 Å². The molecule has 4 nitrogen and oxygen atoms in total. The number of benzene rings is 3. The third kappa shape index (κ3) is 3.72. The van der Waals surface area contributed by atoms with Crippen LogP contribution in [0.3, 0.4) is 0 Å². The van der Waals surface area contributed by atoms with Crippen molar-refractivity contribution in [1.82, 2.24) is 5.32 Å². The molecule has 4 rings (SSSR count). The smallest absolute Gasteiger partial charge is 0.326 e. The molecule has 0 bridgehead atoms. The lowest BCUT2D eigenvalue weighted by molar-refractivity contribution is -0.142. The summed E-state index contributed by atoms with van der Waals surface area (Å²) in [6.45, 7) is 0. The molecule has 0 saturated heterocycles. The van der Waals surface area contributed by atoms with Gasteiger partial charge >= 0.3 is 5.97 Å². The maximum absolute atomic E-state index is 12.7. The van der Waals surface area contributed by atoms with Crippen LogP contribution in [-0.4, -0.2) is 23.0 Å². The van der Waals surface area contributed by atoms with E-state index in [1.165, 1.54) is 0 Å². The molecule has 144 valence electrons. The number of carboxylic acids is 1. The van der Waals surface area contributed by atoms with Crippen LogP contribution in [0.15, 0.2) is 54.6 Å². The first-order valence-electron chi connectivity index (χ1n) is 10.1. The fraction of sp³-hybridized carbons (Fsp3) is 0.333. The van der Waals surface area contributed by atoms with Gasteiger partial charge in [-0.3, -0.25) is 4.79 Å². The first-order chi connectivity index (χ1) is 13.6. The van der Waals surface area contributed by atoms with Gasteiger partial charge in [-0.15, -0.1) is 0 Å². The van der Waals surface area contributed by atoms with Crippen molar-refractivity contribution in [3.8, 4) is 0 Å². The van der Waals surface area contributed by atoms with Crippen molar-refractivity contribution in [1.29, 1.82) is 0 Å². The zero-order valence-corrected chi connectivity index (χ0v) is 15.9. The third-order valence-corrected chi connectivity index (χ3v) is 5.88. The number of fused-ring (bicyclic) bond motifs is 2. The van der Waals surface area contributed by atoms with E-state index in [1.807, 2.05) is 48.5 Å². The summed E-state index contributed by atoms with van der Waals surface area (Å²) in [5.74, 6) is -1.15. The average Bonchev–Trinajstić information content (AvgIpc) is 2.73. The van der Waals surface area contributed by atoms with Gasteiger partial charge in [0.25, 0.3) is 0 Å². The lowest BCUT2D eigenvalue weighted by Crippen LogP contribution is -2.45. The molecular weight excluding hydrogens is 350 g/mol. The molecule has 0 radical (unpaired) electrons. The highest BCUT2D eigenvalue weighted by atomic mass is 16.4. The number of aliphatic carboxylic acids is 1. The van der Waals surface area contributed by atoms with Gasteiger partial charge in [0.2, 0.25) is 5.91 Å². The van der Waals surface area contributed by atoms with E-state index in [0.29, 0.717) is 0 Å². The maximum Gasteiger partial charge on any atom is 0.326 e. The predicted molar refractivity (Wildman–Crippen MR) is 111 cm³/mol. The predicted octanol–water partition coefficient (Wildman–Crippen LogP) is 4.69. The summed E-state index contributed by atoms with van der Waals surface area (Å²) in [7, 11) is 0. The zero-order chi connectivity index (χ0) is 19.5. The molecule has 1 aliphatic rings. The van der Waals surface area contributed by atoms with Gasteiger partial charge in [-0.2, -0.15) is 0 Å². The molecule has 1 saturated carbocycles. The molecule has 1 aliphatic carbocycles. The first-order valence-corrected chi connectivity index (χ1v) is 10.1. The number of carbonyl (C=O) groups excluding carboxylic acids is 1. The minimum atomic E-state index is -0.985. The van der Waals surface area contributed by atoms with Crippen molar-refractivity contribution in [2.24, 2.45) is 5.92 Å². The molecule has 1 amide bonds. The molecule has 0 heterocycles. The fourth-order valence-electron chi connectivity index (χ4n) is 4.39. The van der Waals surface area contributed by atoms with Gasteiger partial charge in [0.15, 0.2) is 0 Å².